The highest BCUT2D eigenvalue weighted by Crippen LogP contribution is 2.47. The van der Waals surface area contributed by atoms with Crippen LogP contribution >= 0.6 is 11.6 Å². The molecule has 0 fully saturated rings. The number of carbonyl (C=O) groups is 2. The second kappa shape index (κ2) is 6.56. The van der Waals surface area contributed by atoms with Crippen LogP contribution in [0.1, 0.15) is 38.8 Å². The maximum atomic E-state index is 14.5. The first-order valence-corrected chi connectivity index (χ1v) is 9.37. The zero-order valence-electron chi connectivity index (χ0n) is 16.5. The average molecular weight is 401 g/mol. The van der Waals surface area contributed by atoms with Crippen LogP contribution in [0.3, 0.4) is 0 Å². The largest absolute Gasteiger partial charge is 0.510 e. The lowest BCUT2D eigenvalue weighted by Crippen LogP contribution is -2.48. The fraction of sp³-hybridized carbons (Fsp3) is 0.304. The molecule has 0 atom stereocenters. The van der Waals surface area contributed by atoms with E-state index in [0.717, 1.165) is 5.56 Å². The monoisotopic (exact) mass is 400 g/mol. The average Bonchev–Trinajstić information content (AvgIpc) is 2.64. The molecule has 1 aliphatic rings. The molecule has 28 heavy (non-hydrogen) atoms. The van der Waals surface area contributed by atoms with Gasteiger partial charge >= 0.3 is 0 Å². The van der Waals surface area contributed by atoms with E-state index >= 15 is 0 Å². The zero-order chi connectivity index (χ0) is 21.0. The number of Topliss-reactive ketones (excluding diaryl/α,β-unsaturated/α-hetero) is 2. The number of carbonyl (C=O) groups excluding carboxylic acids is 2. The van der Waals surface area contributed by atoms with Gasteiger partial charge < -0.3 is 5.11 Å². The molecule has 1 aliphatic carbocycles. The van der Waals surface area contributed by atoms with Gasteiger partial charge in [-0.2, -0.15) is 0 Å². The number of aryl methyl sites for hydroxylation is 1. The highest BCUT2D eigenvalue weighted by molar-refractivity contribution is 6.34. The van der Waals surface area contributed by atoms with E-state index in [9.17, 15) is 19.1 Å². The molecule has 0 amide bonds. The van der Waals surface area contributed by atoms with Crippen molar-refractivity contribution in [3.63, 3.8) is 0 Å². The Bertz CT molecular complexity index is 1050. The number of aliphatic hydroxyl groups excluding tert-OH is 1. The highest BCUT2D eigenvalue weighted by atomic mass is 35.5. The summed E-state index contributed by atoms with van der Waals surface area (Å²) in [7, 11) is 0. The number of halogens is 2. The van der Waals surface area contributed by atoms with Crippen LogP contribution in [0.2, 0.25) is 5.02 Å². The van der Waals surface area contributed by atoms with Gasteiger partial charge in [-0.3, -0.25) is 9.59 Å². The maximum absolute atomic E-state index is 14.5. The van der Waals surface area contributed by atoms with Crippen LogP contribution < -0.4 is 0 Å². The summed E-state index contributed by atoms with van der Waals surface area (Å²) in [4.78, 5) is 25.9. The third kappa shape index (κ3) is 2.87. The Morgan fingerprint density at radius 2 is 1.61 bits per heavy atom. The lowest BCUT2D eigenvalue weighted by atomic mass is 9.62. The van der Waals surface area contributed by atoms with Gasteiger partial charge in [0, 0.05) is 5.56 Å². The molecule has 2 aromatic carbocycles. The molecule has 0 heterocycles. The Labute approximate surface area is 168 Å². The molecule has 3 rings (SSSR count). The predicted octanol–water partition coefficient (Wildman–Crippen LogP) is 5.93. The second-order valence-electron chi connectivity index (χ2n) is 8.26. The summed E-state index contributed by atoms with van der Waals surface area (Å²) in [6.07, 6.45) is 0. The molecule has 0 saturated heterocycles. The number of allylic oxidation sites excluding steroid dienone is 2. The number of benzene rings is 2. The minimum atomic E-state index is -1.27. The van der Waals surface area contributed by atoms with Gasteiger partial charge in [-0.15, -0.1) is 0 Å². The molecule has 146 valence electrons. The fourth-order valence-electron chi connectivity index (χ4n) is 3.76. The minimum absolute atomic E-state index is 0.00305. The first-order valence-electron chi connectivity index (χ1n) is 8.99. The smallest absolute Gasteiger partial charge is 0.179 e. The van der Waals surface area contributed by atoms with Crippen LogP contribution in [0.15, 0.2) is 42.2 Å². The summed E-state index contributed by atoms with van der Waals surface area (Å²) in [6, 6.07) is 9.87. The SMILES string of the molecule is Cc1ccc(-c2cccc(Cl)c2F)cc1C1=C(O)C(C)(C)C(=O)C(C)(C)C1=O. The van der Waals surface area contributed by atoms with Gasteiger partial charge in [-0.1, -0.05) is 35.9 Å². The highest BCUT2D eigenvalue weighted by Gasteiger charge is 2.53. The van der Waals surface area contributed by atoms with Crippen molar-refractivity contribution >= 4 is 28.7 Å². The quantitative estimate of drug-likeness (QED) is 0.636. The van der Waals surface area contributed by atoms with E-state index in [4.69, 9.17) is 11.6 Å². The third-order valence-electron chi connectivity index (χ3n) is 5.53. The number of hydrogen-bond acceptors (Lipinski definition) is 3. The molecule has 0 bridgehead atoms. The van der Waals surface area contributed by atoms with Gasteiger partial charge in [0.15, 0.2) is 11.6 Å². The molecule has 3 nitrogen and oxygen atoms in total. The Kier molecular flexibility index (Phi) is 4.75. The zero-order valence-corrected chi connectivity index (χ0v) is 17.2. The lowest BCUT2D eigenvalue weighted by Gasteiger charge is -2.38. The maximum Gasteiger partial charge on any atom is 0.179 e. The van der Waals surface area contributed by atoms with Crippen LogP contribution in [-0.2, 0) is 9.59 Å². The number of hydrogen-bond donors (Lipinski definition) is 1. The van der Waals surface area contributed by atoms with Gasteiger partial charge in [0.05, 0.1) is 21.4 Å². The molecule has 0 saturated carbocycles. The first-order chi connectivity index (χ1) is 12.9. The van der Waals surface area contributed by atoms with E-state index in [2.05, 4.69) is 0 Å². The van der Waals surface area contributed by atoms with Crippen molar-refractivity contribution < 1.29 is 19.1 Å². The Morgan fingerprint density at radius 3 is 2.25 bits per heavy atom. The van der Waals surface area contributed by atoms with Crippen molar-refractivity contribution in [3.8, 4) is 11.1 Å². The van der Waals surface area contributed by atoms with Gasteiger partial charge in [-0.25, -0.2) is 4.39 Å². The van der Waals surface area contributed by atoms with Gasteiger partial charge in [0.2, 0.25) is 0 Å². The van der Waals surface area contributed by atoms with Crippen LogP contribution in [0.5, 0.6) is 0 Å². The molecule has 0 aromatic heterocycles. The van der Waals surface area contributed by atoms with Crippen molar-refractivity contribution in [1.29, 1.82) is 0 Å². The summed E-state index contributed by atoms with van der Waals surface area (Å²) in [5.41, 5.74) is -0.315. The third-order valence-corrected chi connectivity index (χ3v) is 5.82. The summed E-state index contributed by atoms with van der Waals surface area (Å²) < 4.78 is 14.5. The summed E-state index contributed by atoms with van der Waals surface area (Å²) in [5, 5.41) is 10.9. The second-order valence-corrected chi connectivity index (χ2v) is 8.67. The van der Waals surface area contributed by atoms with E-state index in [1.807, 2.05) is 0 Å². The van der Waals surface area contributed by atoms with Crippen LogP contribution in [-0.4, -0.2) is 16.7 Å². The van der Waals surface area contributed by atoms with E-state index in [1.54, 1.807) is 65.0 Å². The summed E-state index contributed by atoms with van der Waals surface area (Å²) in [5.74, 6) is -1.58. The van der Waals surface area contributed by atoms with Crippen molar-refractivity contribution in [1.82, 2.24) is 0 Å². The van der Waals surface area contributed by atoms with Crippen molar-refractivity contribution in [3.05, 3.63) is 64.1 Å². The fourth-order valence-corrected chi connectivity index (χ4v) is 3.93. The molecule has 0 radical (unpaired) electrons. The molecule has 2 aromatic rings. The van der Waals surface area contributed by atoms with E-state index < -0.39 is 22.4 Å². The van der Waals surface area contributed by atoms with Crippen LogP contribution in [0.4, 0.5) is 4.39 Å². The van der Waals surface area contributed by atoms with Crippen LogP contribution in [0.25, 0.3) is 16.7 Å². The molecule has 0 unspecified atom stereocenters. The number of ketones is 2. The van der Waals surface area contributed by atoms with Crippen molar-refractivity contribution in [2.24, 2.45) is 10.8 Å². The topological polar surface area (TPSA) is 54.4 Å². The molecule has 1 N–H and O–H groups in total. The Morgan fingerprint density at radius 1 is 0.964 bits per heavy atom. The summed E-state index contributed by atoms with van der Waals surface area (Å²) >= 11 is 5.90. The number of aliphatic hydroxyl groups is 1. The van der Waals surface area contributed by atoms with Gasteiger partial charge in [0.25, 0.3) is 0 Å². The molecule has 0 spiro atoms. The van der Waals surface area contributed by atoms with Crippen LogP contribution in [0, 0.1) is 23.6 Å². The van der Waals surface area contributed by atoms with E-state index in [-0.39, 0.29) is 22.1 Å². The standard InChI is InChI=1S/C23H22ClFO3/c1-12-9-10-13(14-7-6-8-16(24)18(14)25)11-15(12)17-19(26)22(2,3)21(28)23(4,5)20(17)27/h6-11,26H,1-5H3. The van der Waals surface area contributed by atoms with Crippen molar-refractivity contribution in [2.75, 3.05) is 0 Å². The number of rotatable bonds is 2. The normalized spacial score (nSPS) is 18.5. The van der Waals surface area contributed by atoms with Gasteiger partial charge in [-0.05, 0) is 63.4 Å². The molecular formula is C23H22ClFO3. The van der Waals surface area contributed by atoms with Gasteiger partial charge in [0.1, 0.15) is 11.6 Å². The Hall–Kier alpha value is -2.46. The molecular weight excluding hydrogens is 379 g/mol. The molecule has 0 aliphatic heterocycles. The minimum Gasteiger partial charge on any atom is -0.510 e. The first kappa shape index (κ1) is 20.3. The predicted molar refractivity (Wildman–Crippen MR) is 109 cm³/mol. The molecule has 5 heteroatoms. The van der Waals surface area contributed by atoms with Crippen molar-refractivity contribution in [2.45, 2.75) is 34.6 Å². The van der Waals surface area contributed by atoms with E-state index in [1.165, 1.54) is 6.07 Å². The van der Waals surface area contributed by atoms with E-state index in [0.29, 0.717) is 16.7 Å². The lowest BCUT2D eigenvalue weighted by molar-refractivity contribution is -0.143. The Balaban J connectivity index is 2.29. The summed E-state index contributed by atoms with van der Waals surface area (Å²) in [6.45, 7) is 8.16.